The number of methoxy groups -OCH3 is 1. The Morgan fingerprint density at radius 2 is 1.81 bits per heavy atom. The molecule has 0 radical (unpaired) electrons. The lowest BCUT2D eigenvalue weighted by atomic mass is 9.86. The molecule has 242 valence electrons. The molecule has 0 saturated heterocycles. The van der Waals surface area contributed by atoms with Crippen LogP contribution in [0.4, 0.5) is 5.69 Å². The Hall–Kier alpha value is -2.07. The van der Waals surface area contributed by atoms with Crippen LogP contribution < -0.4 is 21.1 Å². The molecule has 2 aromatic carbocycles. The zero-order valence-corrected chi connectivity index (χ0v) is 28.0. The Balaban J connectivity index is 1.91. The number of carbonyl (C=O) groups is 1. The predicted molar refractivity (Wildman–Crippen MR) is 176 cm³/mol. The van der Waals surface area contributed by atoms with Gasteiger partial charge in [-0.1, -0.05) is 69.5 Å². The smallest absolute Gasteiger partial charge is 0.223 e. The molecular weight excluding hydrogens is 589 g/mol. The average Bonchev–Trinajstić information content (AvgIpc) is 2.98. The first-order valence-electron chi connectivity index (χ1n) is 15.2. The number of aryl methyl sites for hydroxylation is 1. The first kappa shape index (κ1) is 37.1. The summed E-state index contributed by atoms with van der Waals surface area (Å²) in [6.07, 6.45) is 1.05. The van der Waals surface area contributed by atoms with Gasteiger partial charge in [0, 0.05) is 44.3 Å². The fourth-order valence-electron chi connectivity index (χ4n) is 4.62. The minimum absolute atomic E-state index is 0.0123. The predicted octanol–water partition coefficient (Wildman–Crippen LogP) is 6.23. The molecule has 8 nitrogen and oxygen atoms in total. The lowest BCUT2D eigenvalue weighted by Crippen LogP contribution is -2.49. The molecule has 0 fully saturated rings. The largest absolute Gasteiger partial charge is 0.493 e. The molecule has 5 atom stereocenters. The summed E-state index contributed by atoms with van der Waals surface area (Å²) < 4.78 is 16.8. The fraction of sp³-hybridized carbons (Fsp3) is 0.606. The van der Waals surface area contributed by atoms with Crippen molar-refractivity contribution in [3.05, 3.63) is 57.6 Å². The van der Waals surface area contributed by atoms with E-state index in [0.29, 0.717) is 36.4 Å². The van der Waals surface area contributed by atoms with Gasteiger partial charge in [-0.15, -0.1) is 0 Å². The first-order valence-corrected chi connectivity index (χ1v) is 15.9. The van der Waals surface area contributed by atoms with Crippen LogP contribution >= 0.6 is 23.2 Å². The molecule has 0 aliphatic heterocycles. The molecule has 5 N–H and O–H groups in total. The number of amides is 1. The number of halogens is 2. The third kappa shape index (κ3) is 12.8. The van der Waals surface area contributed by atoms with E-state index in [1.54, 1.807) is 19.2 Å². The highest BCUT2D eigenvalue weighted by Crippen LogP contribution is 2.26. The van der Waals surface area contributed by atoms with Gasteiger partial charge in [0.05, 0.1) is 42.0 Å². The lowest BCUT2D eigenvalue weighted by Gasteiger charge is -2.30. The zero-order chi connectivity index (χ0) is 31.9. The molecule has 0 aliphatic rings. The third-order valence-corrected chi connectivity index (χ3v) is 8.56. The number of aliphatic hydroxyl groups is 1. The minimum Gasteiger partial charge on any atom is -0.493 e. The van der Waals surface area contributed by atoms with Crippen LogP contribution in [0.5, 0.6) is 5.75 Å². The van der Waals surface area contributed by atoms with Crippen LogP contribution in [-0.2, 0) is 20.9 Å². The summed E-state index contributed by atoms with van der Waals surface area (Å²) in [5.74, 6) is 0.549. The molecule has 1 amide bonds. The van der Waals surface area contributed by atoms with E-state index in [2.05, 4.69) is 24.5 Å². The van der Waals surface area contributed by atoms with Crippen LogP contribution in [0, 0.1) is 24.7 Å². The molecule has 43 heavy (non-hydrogen) atoms. The van der Waals surface area contributed by atoms with Crippen molar-refractivity contribution in [2.24, 2.45) is 23.5 Å². The van der Waals surface area contributed by atoms with E-state index in [4.69, 9.17) is 43.1 Å². The molecule has 0 saturated carbocycles. The van der Waals surface area contributed by atoms with Gasteiger partial charge in [0.25, 0.3) is 0 Å². The average molecular weight is 641 g/mol. The highest BCUT2D eigenvalue weighted by molar-refractivity contribution is 6.42. The number of anilines is 1. The van der Waals surface area contributed by atoms with E-state index >= 15 is 0 Å². The van der Waals surface area contributed by atoms with Crippen molar-refractivity contribution in [1.82, 2.24) is 5.32 Å². The normalized spacial score (nSPS) is 15.0. The second-order valence-corrected chi connectivity index (χ2v) is 12.5. The zero-order valence-electron chi connectivity index (χ0n) is 26.5. The van der Waals surface area contributed by atoms with Crippen LogP contribution in [0.2, 0.25) is 10.0 Å². The Bertz CT molecular complexity index is 1120. The van der Waals surface area contributed by atoms with Gasteiger partial charge in [0.1, 0.15) is 5.75 Å². The van der Waals surface area contributed by atoms with Gasteiger partial charge in [-0.2, -0.15) is 0 Å². The Kier molecular flexibility index (Phi) is 16.7. The first-order chi connectivity index (χ1) is 20.5. The molecule has 0 aromatic heterocycles. The molecule has 0 heterocycles. The van der Waals surface area contributed by atoms with Crippen molar-refractivity contribution >= 4 is 34.8 Å². The summed E-state index contributed by atoms with van der Waals surface area (Å²) in [7, 11) is 1.67. The molecule has 1 unspecified atom stereocenters. The van der Waals surface area contributed by atoms with Crippen molar-refractivity contribution in [2.45, 2.75) is 78.7 Å². The van der Waals surface area contributed by atoms with Gasteiger partial charge >= 0.3 is 0 Å². The summed E-state index contributed by atoms with van der Waals surface area (Å²) in [4.78, 5) is 13.5. The SMILES string of the molecule is CC[C@H](C)[C@@H](CNc1ccc(Cl)c(Cl)c1)NC(=O)[C@@H](C[C@H](O)C(N)COCc1ccc(C)c(OCCCOC)c1)C(C)C. The summed E-state index contributed by atoms with van der Waals surface area (Å²) in [6.45, 7) is 12.4. The van der Waals surface area contributed by atoms with Crippen LogP contribution in [0.15, 0.2) is 36.4 Å². The monoisotopic (exact) mass is 639 g/mol. The number of carbonyl (C=O) groups excluding carboxylic acids is 1. The maximum atomic E-state index is 13.5. The van der Waals surface area contributed by atoms with Crippen molar-refractivity contribution in [3.8, 4) is 5.75 Å². The van der Waals surface area contributed by atoms with E-state index in [1.807, 2.05) is 45.0 Å². The van der Waals surface area contributed by atoms with Gasteiger partial charge in [0.15, 0.2) is 0 Å². The van der Waals surface area contributed by atoms with Gasteiger partial charge < -0.3 is 35.7 Å². The summed E-state index contributed by atoms with van der Waals surface area (Å²) in [6, 6.07) is 10.6. The van der Waals surface area contributed by atoms with Gasteiger partial charge in [-0.3, -0.25) is 4.79 Å². The minimum atomic E-state index is -0.896. The molecule has 0 spiro atoms. The number of nitrogens with two attached hydrogens (primary N) is 1. The van der Waals surface area contributed by atoms with Gasteiger partial charge in [-0.25, -0.2) is 0 Å². The topological polar surface area (TPSA) is 115 Å². The second kappa shape index (κ2) is 19.3. The molecular formula is C33H51Cl2N3O5. The molecule has 2 rings (SSSR count). The summed E-state index contributed by atoms with van der Waals surface area (Å²) in [5.41, 5.74) is 9.15. The maximum absolute atomic E-state index is 13.5. The highest BCUT2D eigenvalue weighted by Gasteiger charge is 2.30. The molecule has 2 aromatic rings. The second-order valence-electron chi connectivity index (χ2n) is 11.6. The lowest BCUT2D eigenvalue weighted by molar-refractivity contribution is -0.128. The van der Waals surface area contributed by atoms with E-state index in [0.717, 1.165) is 35.4 Å². The fourth-order valence-corrected chi connectivity index (χ4v) is 4.92. The quantitative estimate of drug-likeness (QED) is 0.127. The number of hydrogen-bond acceptors (Lipinski definition) is 7. The number of rotatable bonds is 20. The van der Waals surface area contributed by atoms with Gasteiger partial charge in [0.2, 0.25) is 5.91 Å². The van der Waals surface area contributed by atoms with Crippen LogP contribution in [0.3, 0.4) is 0 Å². The number of benzene rings is 2. The number of aliphatic hydroxyl groups excluding tert-OH is 1. The number of ether oxygens (including phenoxy) is 3. The molecule has 0 bridgehead atoms. The van der Waals surface area contributed by atoms with Gasteiger partial charge in [-0.05, 0) is 60.6 Å². The van der Waals surface area contributed by atoms with Crippen molar-refractivity contribution in [1.29, 1.82) is 0 Å². The van der Waals surface area contributed by atoms with Crippen LogP contribution in [0.25, 0.3) is 0 Å². The van der Waals surface area contributed by atoms with Crippen molar-refractivity contribution < 1.29 is 24.1 Å². The van der Waals surface area contributed by atoms with E-state index < -0.39 is 18.1 Å². The van der Waals surface area contributed by atoms with E-state index in [-0.39, 0.29) is 36.8 Å². The van der Waals surface area contributed by atoms with Crippen LogP contribution in [-0.4, -0.2) is 62.7 Å². The third-order valence-electron chi connectivity index (χ3n) is 7.82. The Morgan fingerprint density at radius 3 is 2.47 bits per heavy atom. The Labute approximate surface area is 267 Å². The van der Waals surface area contributed by atoms with Crippen LogP contribution in [0.1, 0.15) is 58.1 Å². The standard InChI is InChI=1S/C33H51Cl2N3O5/c1-7-22(4)30(18-37-25-11-12-27(34)28(35)16-25)38-33(40)26(21(2)3)17-31(39)29(36)20-42-19-24-10-9-23(5)32(15-24)43-14-8-13-41-6/h9-12,15-16,21-22,26,29-31,37,39H,7-8,13-14,17-20,36H2,1-6H3,(H,38,40)/t22-,26-,29?,30+,31-/m0/s1. The Morgan fingerprint density at radius 1 is 1.07 bits per heavy atom. The number of hydrogen-bond donors (Lipinski definition) is 4. The van der Waals surface area contributed by atoms with Crippen molar-refractivity contribution in [2.75, 3.05) is 38.8 Å². The van der Waals surface area contributed by atoms with E-state index in [1.165, 1.54) is 0 Å². The van der Waals surface area contributed by atoms with Crippen molar-refractivity contribution in [3.63, 3.8) is 0 Å². The number of nitrogens with one attached hydrogen (secondary N) is 2. The highest BCUT2D eigenvalue weighted by atomic mass is 35.5. The summed E-state index contributed by atoms with van der Waals surface area (Å²) in [5, 5.41) is 18.5. The van der Waals surface area contributed by atoms with E-state index in [9.17, 15) is 9.90 Å². The maximum Gasteiger partial charge on any atom is 0.223 e. The molecule has 10 heteroatoms. The summed E-state index contributed by atoms with van der Waals surface area (Å²) >= 11 is 12.2. The molecule has 0 aliphatic carbocycles.